The van der Waals surface area contributed by atoms with Crippen LogP contribution in [-0.2, 0) is 46.4 Å². The van der Waals surface area contributed by atoms with Crippen LogP contribution in [0.2, 0.25) is 54.4 Å². The predicted molar refractivity (Wildman–Crippen MR) is 307 cm³/mol. The van der Waals surface area contributed by atoms with E-state index >= 15 is 0 Å². The molecule has 0 bridgehead atoms. The lowest BCUT2D eigenvalue weighted by atomic mass is 9.81. The molecule has 1 unspecified atom stereocenters. The largest absolute Gasteiger partial charge is 0.497 e. The minimum atomic E-state index is -2.19. The molecule has 73 heavy (non-hydrogen) atoms. The summed E-state index contributed by atoms with van der Waals surface area (Å²) in [4.78, 5) is 0. The van der Waals surface area contributed by atoms with Crippen LogP contribution in [0.4, 0.5) is 0 Å². The summed E-state index contributed by atoms with van der Waals surface area (Å²) in [5.74, 6) is 1.60. The van der Waals surface area contributed by atoms with Crippen molar-refractivity contribution in [3.05, 3.63) is 53.6 Å². The molecule has 3 rings (SSSR count). The number of hydrogen-bond donors (Lipinski definition) is 0. The molecule has 0 radical (unpaired) electrons. The average Bonchev–Trinajstić information content (AvgIpc) is 3.28. The molecule has 2 aliphatic rings. The second-order valence-corrected chi connectivity index (χ2v) is 41.2. The summed E-state index contributed by atoms with van der Waals surface area (Å²) in [6.07, 6.45) is 6.76. The van der Waals surface area contributed by atoms with Crippen LogP contribution in [0.25, 0.3) is 0 Å². The van der Waals surface area contributed by atoms with Crippen LogP contribution in [0.15, 0.2) is 48.1 Å². The standard InChI is InChI=1S/C59H110O11Si3/c1-39(34-42(4)53(68-71(21,22)57(9,10)11)45(7)52-43(5)36-63-56(67-52)47-28-31-48(62-20)32-29-47)33-41(3)51(65-38-61-19)40(2)27-30-49(64-37-60-18)35-50-44(6)54(69-72(23,24)58(12,13)14)46(8)55(66-50)70-73(25,26)59(15,16)17/h27-33,40-46,49-56H,34-38H2,1-26H3/b30-27-,39-33-/t40-,41-,42-,43-,44-,45+,46+,49+,50-,51-,52-,53+,54-,55+,56?/m0/s1. The maximum Gasteiger partial charge on any atom is 0.195 e. The van der Waals surface area contributed by atoms with Crippen molar-refractivity contribution in [2.24, 2.45) is 41.4 Å². The van der Waals surface area contributed by atoms with E-state index in [-0.39, 0.29) is 113 Å². The highest BCUT2D eigenvalue weighted by atomic mass is 28.4. The van der Waals surface area contributed by atoms with Gasteiger partial charge in [0.15, 0.2) is 37.5 Å². The van der Waals surface area contributed by atoms with Gasteiger partial charge in [-0.15, -0.1) is 0 Å². The molecule has 0 saturated carbocycles. The molecule has 2 heterocycles. The summed E-state index contributed by atoms with van der Waals surface area (Å²) in [6, 6.07) is 8.00. The van der Waals surface area contributed by atoms with Crippen molar-refractivity contribution in [2.75, 3.05) is 41.5 Å². The van der Waals surface area contributed by atoms with E-state index < -0.39 is 31.2 Å². The molecule has 0 aromatic heterocycles. The fraction of sp³-hybridized carbons (Fsp3) is 0.831. The number of allylic oxidation sites excluding steroid dienone is 1. The molecular formula is C59H110O11Si3. The first kappa shape index (κ1) is 66.0. The highest BCUT2D eigenvalue weighted by molar-refractivity contribution is 6.75. The van der Waals surface area contributed by atoms with E-state index in [1.165, 1.54) is 5.57 Å². The van der Waals surface area contributed by atoms with E-state index in [2.05, 4.69) is 175 Å². The lowest BCUT2D eigenvalue weighted by molar-refractivity contribution is -0.256. The Hall–Kier alpha value is -1.25. The van der Waals surface area contributed by atoms with Crippen molar-refractivity contribution in [2.45, 2.75) is 234 Å². The van der Waals surface area contributed by atoms with Gasteiger partial charge in [0, 0.05) is 61.7 Å². The van der Waals surface area contributed by atoms with Crippen molar-refractivity contribution in [1.82, 2.24) is 0 Å². The minimum absolute atomic E-state index is 0.0230. The molecule has 1 aromatic carbocycles. The third-order valence-electron chi connectivity index (χ3n) is 17.5. The normalized spacial score (nSPS) is 27.3. The maximum absolute atomic E-state index is 7.46. The van der Waals surface area contributed by atoms with Gasteiger partial charge in [0.1, 0.15) is 19.3 Å². The molecule has 11 nitrogen and oxygen atoms in total. The highest BCUT2D eigenvalue weighted by Gasteiger charge is 2.51. The molecule has 0 spiro atoms. The summed E-state index contributed by atoms with van der Waals surface area (Å²) in [5, 5.41) is 0.136. The van der Waals surface area contributed by atoms with Crippen molar-refractivity contribution in [1.29, 1.82) is 0 Å². The molecule has 0 N–H and O–H groups in total. The Balaban J connectivity index is 1.92. The average molecular weight is 1080 g/mol. The van der Waals surface area contributed by atoms with E-state index in [9.17, 15) is 0 Å². The summed E-state index contributed by atoms with van der Waals surface area (Å²) in [6.45, 7) is 53.9. The van der Waals surface area contributed by atoms with Crippen molar-refractivity contribution in [3.8, 4) is 5.75 Å². The highest BCUT2D eigenvalue weighted by Crippen LogP contribution is 2.47. The molecule has 2 saturated heterocycles. The Bertz CT molecular complexity index is 1830. The van der Waals surface area contributed by atoms with Crippen LogP contribution in [0, 0.1) is 41.4 Å². The zero-order chi connectivity index (χ0) is 55.7. The SMILES string of the molecule is COCO[C@@H]([C@@H](C)/C=C\[C@H](C[C@@H]1O[C@H](O[Si](C)(C)C(C)(C)C)[C@H](C)[C@@H](O[Si](C)(C)C(C)(C)C)[C@H]1C)OCOC)[C@@H](C)/C=C(/C)C[C@H](C)[C@@H](O[Si](C)(C)C(C)(C)C)[C@H](C)[C@H]1OC(c2ccc(OC)cc2)OC[C@@H]1C. The van der Waals surface area contributed by atoms with Crippen molar-refractivity contribution < 1.29 is 51.2 Å². The number of ether oxygens (including phenoxy) is 8. The first-order valence-corrected chi connectivity index (χ1v) is 36.4. The smallest absolute Gasteiger partial charge is 0.195 e. The summed E-state index contributed by atoms with van der Waals surface area (Å²) < 4.78 is 71.6. The number of methoxy groups -OCH3 is 3. The Kier molecular flexibility index (Phi) is 24.9. The number of benzene rings is 1. The minimum Gasteiger partial charge on any atom is -0.497 e. The fourth-order valence-electron chi connectivity index (χ4n) is 9.70. The monoisotopic (exact) mass is 1080 g/mol. The van der Waals surface area contributed by atoms with Crippen molar-refractivity contribution >= 4 is 25.0 Å². The zero-order valence-electron chi connectivity index (χ0n) is 51.2. The van der Waals surface area contributed by atoms with Crippen LogP contribution < -0.4 is 4.74 Å². The summed E-state index contributed by atoms with van der Waals surface area (Å²) in [7, 11) is -1.48. The Morgan fingerprint density at radius 3 is 1.77 bits per heavy atom. The zero-order valence-corrected chi connectivity index (χ0v) is 54.2. The molecule has 2 fully saturated rings. The van der Waals surface area contributed by atoms with Gasteiger partial charge < -0.3 is 51.2 Å². The van der Waals surface area contributed by atoms with Gasteiger partial charge in [-0.05, 0) is 85.8 Å². The second kappa shape index (κ2) is 27.6. The quantitative estimate of drug-likeness (QED) is 0.0503. The van der Waals surface area contributed by atoms with Crippen LogP contribution in [0.3, 0.4) is 0 Å². The van der Waals surface area contributed by atoms with Gasteiger partial charge in [0.05, 0.1) is 50.3 Å². The van der Waals surface area contributed by atoms with Gasteiger partial charge in [0.2, 0.25) is 0 Å². The van der Waals surface area contributed by atoms with E-state index in [4.69, 9.17) is 51.2 Å². The third kappa shape index (κ3) is 18.4. The number of rotatable bonds is 26. The van der Waals surface area contributed by atoms with Gasteiger partial charge in [-0.3, -0.25) is 0 Å². The second-order valence-electron chi connectivity index (χ2n) is 26.9. The summed E-state index contributed by atoms with van der Waals surface area (Å²) >= 11 is 0. The van der Waals surface area contributed by atoms with E-state index in [0.29, 0.717) is 13.0 Å². The Morgan fingerprint density at radius 2 is 1.23 bits per heavy atom. The van der Waals surface area contributed by atoms with E-state index in [0.717, 1.165) is 17.7 Å². The third-order valence-corrected chi connectivity index (χ3v) is 30.9. The lowest BCUT2D eigenvalue weighted by Crippen LogP contribution is -2.58. The van der Waals surface area contributed by atoms with Crippen molar-refractivity contribution in [3.63, 3.8) is 0 Å². The van der Waals surface area contributed by atoms with Gasteiger partial charge in [-0.2, -0.15) is 0 Å². The number of hydrogen-bond acceptors (Lipinski definition) is 11. The molecule has 1 aromatic rings. The fourth-order valence-corrected chi connectivity index (χ4v) is 13.9. The van der Waals surface area contributed by atoms with E-state index in [1.54, 1.807) is 21.3 Å². The molecule has 15 atom stereocenters. The molecule has 14 heteroatoms. The molecular weight excluding hydrogens is 969 g/mol. The van der Waals surface area contributed by atoms with Crippen LogP contribution in [0.5, 0.6) is 5.75 Å². The molecule has 424 valence electrons. The molecule has 0 aliphatic carbocycles. The first-order chi connectivity index (χ1) is 33.5. The predicted octanol–water partition coefficient (Wildman–Crippen LogP) is 15.4. The first-order valence-electron chi connectivity index (χ1n) is 27.7. The van der Waals surface area contributed by atoms with Crippen LogP contribution >= 0.6 is 0 Å². The Labute approximate surface area is 450 Å². The van der Waals surface area contributed by atoms with E-state index in [1.807, 2.05) is 24.3 Å². The van der Waals surface area contributed by atoms with Gasteiger partial charge in [0.25, 0.3) is 0 Å². The van der Waals surface area contributed by atoms with Gasteiger partial charge in [-0.25, -0.2) is 0 Å². The molecule has 0 amide bonds. The maximum atomic E-state index is 7.46. The van der Waals surface area contributed by atoms with Crippen LogP contribution in [0.1, 0.15) is 142 Å². The van der Waals surface area contributed by atoms with Gasteiger partial charge in [-0.1, -0.05) is 147 Å². The lowest BCUT2D eigenvalue weighted by Gasteiger charge is -2.51. The van der Waals surface area contributed by atoms with Crippen LogP contribution in [-0.4, -0.2) is 109 Å². The molecule has 2 aliphatic heterocycles. The topological polar surface area (TPSA) is 102 Å². The van der Waals surface area contributed by atoms with Gasteiger partial charge >= 0.3 is 0 Å². The Morgan fingerprint density at radius 1 is 0.685 bits per heavy atom. The summed E-state index contributed by atoms with van der Waals surface area (Å²) in [5.41, 5.74) is 2.29.